The Kier molecular flexibility index (Phi) is 3.77. The number of alkyl halides is 3. The minimum Gasteiger partial charge on any atom is -0.394 e. The zero-order valence-electron chi connectivity index (χ0n) is 8.62. The summed E-state index contributed by atoms with van der Waals surface area (Å²) in [5.41, 5.74) is 4.82. The smallest absolute Gasteiger partial charge is 0.394 e. The molecule has 0 spiro atoms. The molecule has 1 amide bonds. The van der Waals surface area contributed by atoms with Crippen molar-refractivity contribution < 1.29 is 18.0 Å². The van der Waals surface area contributed by atoms with Gasteiger partial charge in [0.15, 0.2) is 0 Å². The van der Waals surface area contributed by atoms with E-state index in [0.717, 1.165) is 6.07 Å². The van der Waals surface area contributed by atoms with E-state index in [1.807, 2.05) is 0 Å². The first-order chi connectivity index (χ1) is 7.78. The maximum atomic E-state index is 11.8. The number of nitrogens with two attached hydrogens (primary N) is 1. The number of rotatable bonds is 3. The van der Waals surface area contributed by atoms with Gasteiger partial charge in [-0.3, -0.25) is 9.59 Å². The molecule has 0 atom stereocenters. The van der Waals surface area contributed by atoms with Gasteiger partial charge in [-0.15, -0.1) is 0 Å². The molecule has 0 aliphatic carbocycles. The normalized spacial score (nSPS) is 11.2. The molecule has 0 fully saturated rings. The third-order valence-corrected chi connectivity index (χ3v) is 1.82. The number of nitrogens with zero attached hydrogens (tertiary/aromatic N) is 1. The van der Waals surface area contributed by atoms with E-state index < -0.39 is 24.1 Å². The molecule has 0 saturated carbocycles. The van der Waals surface area contributed by atoms with Crippen LogP contribution in [-0.4, -0.2) is 23.2 Å². The summed E-state index contributed by atoms with van der Waals surface area (Å²) in [4.78, 5) is 22.0. The molecule has 94 valence electrons. The Balaban J connectivity index is 2.57. The summed E-state index contributed by atoms with van der Waals surface area (Å²) in [7, 11) is 0. The minimum absolute atomic E-state index is 0.0730. The monoisotopic (exact) mass is 249 g/mol. The first-order valence-electron chi connectivity index (χ1n) is 4.57. The van der Waals surface area contributed by atoms with Crippen LogP contribution in [0.15, 0.2) is 23.3 Å². The van der Waals surface area contributed by atoms with Crippen molar-refractivity contribution in [2.75, 3.05) is 12.3 Å². The van der Waals surface area contributed by atoms with Gasteiger partial charge in [-0.05, 0) is 0 Å². The lowest BCUT2D eigenvalue weighted by molar-refractivity contribution is -0.138. The number of hydrogen-bond donors (Lipinski definition) is 2. The summed E-state index contributed by atoms with van der Waals surface area (Å²) in [5.74, 6) is -0.814. The number of nitrogens with one attached hydrogen (secondary N) is 1. The van der Waals surface area contributed by atoms with Crippen LogP contribution >= 0.6 is 0 Å². The number of halogens is 3. The lowest BCUT2D eigenvalue weighted by atomic mass is 10.4. The van der Waals surface area contributed by atoms with Gasteiger partial charge in [0.25, 0.3) is 0 Å². The van der Waals surface area contributed by atoms with Crippen molar-refractivity contribution in [2.45, 2.75) is 12.7 Å². The van der Waals surface area contributed by atoms with Crippen LogP contribution in [0.1, 0.15) is 0 Å². The number of carbonyl (C=O) groups is 1. The van der Waals surface area contributed by atoms with Crippen molar-refractivity contribution in [1.29, 1.82) is 0 Å². The quantitative estimate of drug-likeness (QED) is 0.798. The molecule has 0 aliphatic rings. The van der Waals surface area contributed by atoms with E-state index in [-0.39, 0.29) is 12.2 Å². The van der Waals surface area contributed by atoms with Crippen LogP contribution in [0.25, 0.3) is 0 Å². The number of nitrogen functional groups attached to an aromatic ring is 1. The summed E-state index contributed by atoms with van der Waals surface area (Å²) in [6, 6.07) is 1.13. The predicted octanol–water partition coefficient (Wildman–Crippen LogP) is 0.109. The second-order valence-corrected chi connectivity index (χ2v) is 3.33. The first kappa shape index (κ1) is 13.1. The zero-order valence-corrected chi connectivity index (χ0v) is 8.62. The molecule has 0 bridgehead atoms. The highest BCUT2D eigenvalue weighted by atomic mass is 19.4. The maximum Gasteiger partial charge on any atom is 0.405 e. The molecule has 0 aliphatic heterocycles. The molecule has 3 N–H and O–H groups in total. The van der Waals surface area contributed by atoms with E-state index in [4.69, 9.17) is 5.73 Å². The molecule has 1 heterocycles. The van der Waals surface area contributed by atoms with Crippen LogP contribution in [-0.2, 0) is 11.3 Å². The Labute approximate surface area is 94.0 Å². The van der Waals surface area contributed by atoms with E-state index in [9.17, 15) is 22.8 Å². The van der Waals surface area contributed by atoms with Gasteiger partial charge in [-0.1, -0.05) is 0 Å². The summed E-state index contributed by atoms with van der Waals surface area (Å²) in [6.07, 6.45) is -1.99. The molecule has 1 aromatic rings. The van der Waals surface area contributed by atoms with Gasteiger partial charge in [0, 0.05) is 18.5 Å². The number of carbonyl (C=O) groups excluding carboxylic acids is 1. The molecule has 1 aromatic heterocycles. The maximum absolute atomic E-state index is 11.8. The Hall–Kier alpha value is -1.99. The molecule has 0 radical (unpaired) electrons. The van der Waals surface area contributed by atoms with Crippen LogP contribution in [0.5, 0.6) is 0 Å². The highest BCUT2D eigenvalue weighted by molar-refractivity contribution is 5.75. The SMILES string of the molecule is Nc1cn(CC(=O)NCC(F)(F)F)ccc1=O. The van der Waals surface area contributed by atoms with Crippen LogP contribution in [0.3, 0.4) is 0 Å². The minimum atomic E-state index is -4.45. The molecular formula is C9H10F3N3O2. The van der Waals surface area contributed by atoms with Gasteiger partial charge in [0.2, 0.25) is 11.3 Å². The predicted molar refractivity (Wildman–Crippen MR) is 54.2 cm³/mol. The Morgan fingerprint density at radius 1 is 1.47 bits per heavy atom. The van der Waals surface area contributed by atoms with Crippen molar-refractivity contribution in [3.8, 4) is 0 Å². The summed E-state index contributed by atoms with van der Waals surface area (Å²) < 4.78 is 36.6. The zero-order chi connectivity index (χ0) is 13.1. The van der Waals surface area contributed by atoms with Crippen molar-refractivity contribution >= 4 is 11.6 Å². The summed E-state index contributed by atoms with van der Waals surface area (Å²) in [6.45, 7) is -1.72. The third-order valence-electron chi connectivity index (χ3n) is 1.82. The highest BCUT2D eigenvalue weighted by Crippen LogP contribution is 2.12. The van der Waals surface area contributed by atoms with E-state index >= 15 is 0 Å². The second-order valence-electron chi connectivity index (χ2n) is 3.33. The fourth-order valence-electron chi connectivity index (χ4n) is 1.06. The lowest BCUT2D eigenvalue weighted by Gasteiger charge is -2.10. The van der Waals surface area contributed by atoms with Gasteiger partial charge in [0.1, 0.15) is 13.1 Å². The number of aromatic nitrogens is 1. The van der Waals surface area contributed by atoms with Crippen molar-refractivity contribution in [3.63, 3.8) is 0 Å². The van der Waals surface area contributed by atoms with Crippen LogP contribution in [0, 0.1) is 0 Å². The number of hydrogen-bond acceptors (Lipinski definition) is 3. The van der Waals surface area contributed by atoms with Gasteiger partial charge >= 0.3 is 6.18 Å². The number of anilines is 1. The van der Waals surface area contributed by atoms with E-state index in [2.05, 4.69) is 0 Å². The van der Waals surface area contributed by atoms with E-state index in [0.29, 0.717) is 0 Å². The number of amides is 1. The van der Waals surface area contributed by atoms with Crippen molar-refractivity contribution in [3.05, 3.63) is 28.7 Å². The van der Waals surface area contributed by atoms with Crippen LogP contribution in [0.4, 0.5) is 18.9 Å². The molecule has 0 saturated heterocycles. The molecule has 1 rings (SSSR count). The Morgan fingerprint density at radius 3 is 2.65 bits per heavy atom. The van der Waals surface area contributed by atoms with Crippen molar-refractivity contribution in [1.82, 2.24) is 9.88 Å². The average molecular weight is 249 g/mol. The summed E-state index contributed by atoms with van der Waals surface area (Å²) in [5, 5.41) is 1.70. The second kappa shape index (κ2) is 4.89. The Bertz CT molecular complexity index is 467. The van der Waals surface area contributed by atoms with Gasteiger partial charge in [0.05, 0.1) is 5.69 Å². The van der Waals surface area contributed by atoms with E-state index in [1.54, 1.807) is 5.32 Å². The topological polar surface area (TPSA) is 77.1 Å². The fourth-order valence-corrected chi connectivity index (χ4v) is 1.06. The molecule has 17 heavy (non-hydrogen) atoms. The van der Waals surface area contributed by atoms with Gasteiger partial charge in [-0.25, -0.2) is 0 Å². The highest BCUT2D eigenvalue weighted by Gasteiger charge is 2.27. The standard InChI is InChI=1S/C9H10F3N3O2/c10-9(11,12)5-14-8(17)4-15-2-1-7(16)6(13)3-15/h1-3H,4-5,13H2,(H,14,17). The van der Waals surface area contributed by atoms with Crippen LogP contribution < -0.4 is 16.5 Å². The molecule has 5 nitrogen and oxygen atoms in total. The van der Waals surface area contributed by atoms with Gasteiger partial charge in [-0.2, -0.15) is 13.2 Å². The Morgan fingerprint density at radius 2 is 2.12 bits per heavy atom. The fraction of sp³-hybridized carbons (Fsp3) is 0.333. The summed E-state index contributed by atoms with van der Waals surface area (Å²) >= 11 is 0. The lowest BCUT2D eigenvalue weighted by Crippen LogP contribution is -2.35. The molecule has 0 aromatic carbocycles. The van der Waals surface area contributed by atoms with Crippen LogP contribution in [0.2, 0.25) is 0 Å². The molecule has 0 unspecified atom stereocenters. The van der Waals surface area contributed by atoms with Gasteiger partial charge < -0.3 is 15.6 Å². The third kappa shape index (κ3) is 4.58. The van der Waals surface area contributed by atoms with Crippen molar-refractivity contribution in [2.24, 2.45) is 0 Å². The molecule has 8 heteroatoms. The average Bonchev–Trinajstić information content (AvgIpc) is 2.20. The molecular weight excluding hydrogens is 239 g/mol. The first-order valence-corrected chi connectivity index (χ1v) is 4.57. The van der Waals surface area contributed by atoms with E-state index in [1.165, 1.54) is 17.0 Å². The number of pyridine rings is 1. The largest absolute Gasteiger partial charge is 0.405 e.